The van der Waals surface area contributed by atoms with Crippen LogP contribution in [0.4, 0.5) is 5.69 Å². The van der Waals surface area contributed by atoms with E-state index in [0.717, 1.165) is 42.5 Å². The average Bonchev–Trinajstić information content (AvgIpc) is 2.91. The fourth-order valence-corrected chi connectivity index (χ4v) is 3.87. The fraction of sp³-hybridized carbons (Fsp3) is 0.435. The third-order valence-corrected chi connectivity index (χ3v) is 5.41. The number of amides is 1. The van der Waals surface area contributed by atoms with Crippen LogP contribution in [0.3, 0.4) is 0 Å². The van der Waals surface area contributed by atoms with Crippen molar-refractivity contribution in [1.82, 2.24) is 0 Å². The number of fused-ring (bicyclic) bond motifs is 2. The first-order valence-corrected chi connectivity index (χ1v) is 9.93. The molecule has 0 N–H and O–H groups in total. The zero-order chi connectivity index (χ0) is 18.9. The molecule has 4 rings (SSSR count). The Morgan fingerprint density at radius 1 is 1.04 bits per heavy atom. The lowest BCUT2D eigenvalue weighted by molar-refractivity contribution is -0.256. The van der Waals surface area contributed by atoms with Gasteiger partial charge in [-0.15, -0.1) is 0 Å². The third kappa shape index (κ3) is 3.28. The largest absolute Gasteiger partial charge is 0.338 e. The van der Waals surface area contributed by atoms with E-state index in [-0.39, 0.29) is 5.91 Å². The Morgan fingerprint density at radius 2 is 1.74 bits per heavy atom. The molecule has 2 aromatic rings. The number of benzene rings is 2. The second-order valence-corrected chi connectivity index (χ2v) is 7.50. The molecule has 1 amide bonds. The first kappa shape index (κ1) is 18.2. The number of hydrogen-bond donors (Lipinski definition) is 0. The lowest BCUT2D eigenvalue weighted by Crippen LogP contribution is -2.47. The molecule has 2 aromatic carbocycles. The smallest absolute Gasteiger partial charge is 0.292 e. The quantitative estimate of drug-likeness (QED) is 0.784. The van der Waals surface area contributed by atoms with Gasteiger partial charge in [-0.1, -0.05) is 49.2 Å². The molecule has 2 aliphatic heterocycles. The summed E-state index contributed by atoms with van der Waals surface area (Å²) in [5.41, 5.74) is 5.32. The van der Waals surface area contributed by atoms with E-state index in [1.807, 2.05) is 4.90 Å². The molecule has 1 spiro atoms. The second kappa shape index (κ2) is 7.45. The lowest BCUT2D eigenvalue weighted by atomic mass is 10.00. The summed E-state index contributed by atoms with van der Waals surface area (Å²) in [5.74, 6) is -1.37. The highest BCUT2D eigenvalue weighted by atomic mass is 16.7. The van der Waals surface area contributed by atoms with Crippen LogP contribution in [0.2, 0.25) is 0 Å². The first-order chi connectivity index (χ1) is 13.1. The van der Waals surface area contributed by atoms with Gasteiger partial charge in [0.25, 0.3) is 11.7 Å². The molecule has 4 heteroatoms. The number of carbonyl (C=O) groups is 1. The topological polar surface area (TPSA) is 38.8 Å². The molecule has 0 unspecified atom stereocenters. The Balaban J connectivity index is 1.72. The number of unbranched alkanes of at least 4 members (excludes halogenated alkanes) is 1. The van der Waals surface area contributed by atoms with Gasteiger partial charge in [0, 0.05) is 5.56 Å². The summed E-state index contributed by atoms with van der Waals surface area (Å²) in [4.78, 5) is 15.2. The van der Waals surface area contributed by atoms with Crippen molar-refractivity contribution < 1.29 is 14.3 Å². The van der Waals surface area contributed by atoms with Gasteiger partial charge in [0.2, 0.25) is 0 Å². The summed E-state index contributed by atoms with van der Waals surface area (Å²) in [6.45, 7) is 5.87. The van der Waals surface area contributed by atoms with Gasteiger partial charge in [0.1, 0.15) is 0 Å². The Kier molecular flexibility index (Phi) is 5.02. The molecule has 142 valence electrons. The second-order valence-electron chi connectivity index (χ2n) is 7.50. The summed E-state index contributed by atoms with van der Waals surface area (Å²) in [5, 5.41) is 0. The van der Waals surface area contributed by atoms with Crippen LogP contribution in [0.5, 0.6) is 0 Å². The van der Waals surface area contributed by atoms with E-state index in [2.05, 4.69) is 56.3 Å². The normalized spacial score (nSPS) is 18.1. The minimum Gasteiger partial charge on any atom is -0.338 e. The molecule has 0 aromatic heterocycles. The highest BCUT2D eigenvalue weighted by molar-refractivity contribution is 6.06. The van der Waals surface area contributed by atoms with Crippen molar-refractivity contribution >= 4 is 11.6 Å². The van der Waals surface area contributed by atoms with E-state index in [9.17, 15) is 4.79 Å². The minimum atomic E-state index is -1.26. The van der Waals surface area contributed by atoms with Gasteiger partial charge < -0.3 is 14.4 Å². The van der Waals surface area contributed by atoms with E-state index < -0.39 is 5.79 Å². The molecule has 0 radical (unpaired) electrons. The summed E-state index contributed by atoms with van der Waals surface area (Å²) in [7, 11) is 0. The van der Waals surface area contributed by atoms with Gasteiger partial charge in [-0.3, -0.25) is 4.79 Å². The molecule has 0 saturated carbocycles. The van der Waals surface area contributed by atoms with Crippen molar-refractivity contribution in [2.45, 2.75) is 51.9 Å². The SMILES string of the molecule is CCCCc1ccc2c(c1)C1(OCCCO1)C(=O)N2Cc1ccc(C)cc1. The number of carbonyl (C=O) groups excluding carboxylic acids is 1. The standard InChI is InChI=1S/C23H27NO3/c1-3-4-6-18-11-12-21-20(15-18)23(26-13-5-14-27-23)22(25)24(21)16-19-9-7-17(2)8-10-19/h7-12,15H,3-6,13-14,16H2,1-2H3. The molecule has 0 atom stereocenters. The van der Waals surface area contributed by atoms with Crippen LogP contribution in [-0.4, -0.2) is 19.1 Å². The van der Waals surface area contributed by atoms with Crippen LogP contribution in [0.25, 0.3) is 0 Å². The number of anilines is 1. The summed E-state index contributed by atoms with van der Waals surface area (Å²) < 4.78 is 12.0. The van der Waals surface area contributed by atoms with Crippen LogP contribution in [0.1, 0.15) is 48.4 Å². The molecule has 27 heavy (non-hydrogen) atoms. The van der Waals surface area contributed by atoms with Gasteiger partial charge in [-0.25, -0.2) is 0 Å². The predicted molar refractivity (Wildman–Crippen MR) is 106 cm³/mol. The first-order valence-electron chi connectivity index (χ1n) is 9.93. The van der Waals surface area contributed by atoms with Gasteiger partial charge in [-0.2, -0.15) is 0 Å². The van der Waals surface area contributed by atoms with Crippen molar-refractivity contribution in [2.75, 3.05) is 18.1 Å². The molecule has 1 fully saturated rings. The third-order valence-electron chi connectivity index (χ3n) is 5.41. The van der Waals surface area contributed by atoms with Crippen molar-refractivity contribution in [2.24, 2.45) is 0 Å². The Bertz CT molecular complexity index is 822. The molecule has 1 saturated heterocycles. The maximum atomic E-state index is 13.4. The zero-order valence-electron chi connectivity index (χ0n) is 16.2. The maximum Gasteiger partial charge on any atom is 0.292 e. The highest BCUT2D eigenvalue weighted by Crippen LogP contribution is 2.46. The van der Waals surface area contributed by atoms with Gasteiger partial charge in [0.15, 0.2) is 0 Å². The molecule has 0 aliphatic carbocycles. The monoisotopic (exact) mass is 365 g/mol. The summed E-state index contributed by atoms with van der Waals surface area (Å²) in [6, 6.07) is 14.6. The molecule has 2 heterocycles. The van der Waals surface area contributed by atoms with Crippen LogP contribution in [0.15, 0.2) is 42.5 Å². The summed E-state index contributed by atoms with van der Waals surface area (Å²) >= 11 is 0. The molecular formula is C23H27NO3. The van der Waals surface area contributed by atoms with E-state index in [1.54, 1.807) is 0 Å². The van der Waals surface area contributed by atoms with Gasteiger partial charge >= 0.3 is 0 Å². The van der Waals surface area contributed by atoms with Gasteiger partial charge in [0.05, 0.1) is 25.4 Å². The Hall–Kier alpha value is -2.17. The maximum absolute atomic E-state index is 13.4. The Labute approximate surface area is 161 Å². The van der Waals surface area contributed by atoms with E-state index >= 15 is 0 Å². The highest BCUT2D eigenvalue weighted by Gasteiger charge is 2.54. The van der Waals surface area contributed by atoms with E-state index in [4.69, 9.17) is 9.47 Å². The number of rotatable bonds is 5. The van der Waals surface area contributed by atoms with Crippen LogP contribution in [0, 0.1) is 6.92 Å². The fourth-order valence-electron chi connectivity index (χ4n) is 3.87. The van der Waals surface area contributed by atoms with Crippen LogP contribution in [-0.2, 0) is 33.0 Å². The van der Waals surface area contributed by atoms with E-state index in [1.165, 1.54) is 11.1 Å². The van der Waals surface area contributed by atoms with E-state index in [0.29, 0.717) is 19.8 Å². The Morgan fingerprint density at radius 3 is 2.44 bits per heavy atom. The van der Waals surface area contributed by atoms with Crippen molar-refractivity contribution in [1.29, 1.82) is 0 Å². The average molecular weight is 365 g/mol. The number of ether oxygens (including phenoxy) is 2. The zero-order valence-corrected chi connectivity index (χ0v) is 16.2. The van der Waals surface area contributed by atoms with Gasteiger partial charge in [-0.05, 0) is 49.4 Å². The number of nitrogens with zero attached hydrogens (tertiary/aromatic N) is 1. The lowest BCUT2D eigenvalue weighted by Gasteiger charge is -2.32. The molecule has 0 bridgehead atoms. The van der Waals surface area contributed by atoms with Crippen LogP contribution >= 0.6 is 0 Å². The van der Waals surface area contributed by atoms with Crippen LogP contribution < -0.4 is 4.90 Å². The number of hydrogen-bond acceptors (Lipinski definition) is 3. The van der Waals surface area contributed by atoms with Crippen molar-refractivity contribution in [3.8, 4) is 0 Å². The van der Waals surface area contributed by atoms with Crippen molar-refractivity contribution in [3.05, 3.63) is 64.7 Å². The molecule has 2 aliphatic rings. The number of aryl methyl sites for hydroxylation is 2. The molecular weight excluding hydrogens is 338 g/mol. The van der Waals surface area contributed by atoms with Crippen molar-refractivity contribution in [3.63, 3.8) is 0 Å². The molecule has 4 nitrogen and oxygen atoms in total. The predicted octanol–water partition coefficient (Wildman–Crippen LogP) is 4.47. The minimum absolute atomic E-state index is 0.106. The summed E-state index contributed by atoms with van der Waals surface area (Å²) in [6.07, 6.45) is 4.10.